The predicted molar refractivity (Wildman–Crippen MR) is 50.2 cm³/mol. The lowest BCUT2D eigenvalue weighted by atomic mass is 10.2. The number of carbonyl (C=O) groups is 1. The van der Waals surface area contributed by atoms with Crippen LogP contribution in [-0.4, -0.2) is 30.3 Å². The second-order valence-corrected chi connectivity index (χ2v) is 3.87. The van der Waals surface area contributed by atoms with Gasteiger partial charge in [-0.25, -0.2) is 0 Å². The molecule has 0 heterocycles. The van der Waals surface area contributed by atoms with E-state index < -0.39 is 0 Å². The molecule has 2 nitrogen and oxygen atoms in total. The average molecular weight is 169 g/mol. The lowest BCUT2D eigenvalue weighted by Gasteiger charge is -2.14. The Morgan fingerprint density at radius 2 is 2.08 bits per heavy atom. The summed E-state index contributed by atoms with van der Waals surface area (Å²) in [5, 5.41) is 0. The molecule has 0 aromatic rings. The lowest BCUT2D eigenvalue weighted by Crippen LogP contribution is -2.21. The van der Waals surface area contributed by atoms with Crippen molar-refractivity contribution in [2.24, 2.45) is 0 Å². The van der Waals surface area contributed by atoms with Crippen molar-refractivity contribution in [3.8, 4) is 0 Å². The molecule has 2 heteroatoms. The zero-order valence-electron chi connectivity index (χ0n) is 8.18. The molecule has 0 unspecified atom stereocenters. The zero-order valence-corrected chi connectivity index (χ0v) is 8.18. The molecule has 0 spiro atoms. The van der Waals surface area contributed by atoms with Crippen LogP contribution in [0.25, 0.3) is 0 Å². The highest BCUT2D eigenvalue weighted by molar-refractivity contribution is 5.75. The minimum Gasteiger partial charge on any atom is -0.303 e. The second-order valence-electron chi connectivity index (χ2n) is 3.87. The van der Waals surface area contributed by atoms with Gasteiger partial charge >= 0.3 is 0 Å². The number of rotatable bonds is 6. The fourth-order valence-corrected chi connectivity index (χ4v) is 1.43. The highest BCUT2D eigenvalue weighted by Gasteiger charge is 2.25. The Hall–Kier alpha value is -0.370. The summed E-state index contributed by atoms with van der Waals surface area (Å²) < 4.78 is 0. The Labute approximate surface area is 74.9 Å². The van der Waals surface area contributed by atoms with Crippen molar-refractivity contribution < 1.29 is 4.79 Å². The molecule has 0 saturated heterocycles. The average Bonchev–Trinajstić information content (AvgIpc) is 2.79. The van der Waals surface area contributed by atoms with Crippen LogP contribution < -0.4 is 0 Å². The van der Waals surface area contributed by atoms with Crippen molar-refractivity contribution in [1.82, 2.24) is 4.90 Å². The van der Waals surface area contributed by atoms with E-state index in [1.165, 1.54) is 19.3 Å². The number of unbranched alkanes of at least 4 members (excludes halogenated alkanes) is 1. The van der Waals surface area contributed by atoms with E-state index in [4.69, 9.17) is 0 Å². The normalized spacial score (nSPS) is 16.9. The topological polar surface area (TPSA) is 20.3 Å². The number of hydrogen-bond donors (Lipinski definition) is 0. The van der Waals surface area contributed by atoms with Crippen LogP contribution in [0, 0.1) is 0 Å². The first kappa shape index (κ1) is 9.72. The number of Topliss-reactive ketones (excluding diaryl/α,β-unsaturated/α-hetero) is 1. The molecule has 0 atom stereocenters. The van der Waals surface area contributed by atoms with Crippen LogP contribution in [0.5, 0.6) is 0 Å². The smallest absolute Gasteiger partial charge is 0.129 e. The van der Waals surface area contributed by atoms with Crippen molar-refractivity contribution in [3.63, 3.8) is 0 Å². The third kappa shape index (κ3) is 3.86. The molecular weight excluding hydrogens is 150 g/mol. The molecule has 1 fully saturated rings. The van der Waals surface area contributed by atoms with Gasteiger partial charge in [0.15, 0.2) is 0 Å². The number of nitrogens with zero attached hydrogens (tertiary/aromatic N) is 1. The van der Waals surface area contributed by atoms with E-state index in [1.807, 2.05) is 0 Å². The van der Waals surface area contributed by atoms with E-state index in [1.54, 1.807) is 6.92 Å². The first-order valence-electron chi connectivity index (χ1n) is 4.90. The number of hydrogen-bond acceptors (Lipinski definition) is 2. The summed E-state index contributed by atoms with van der Waals surface area (Å²) in [4.78, 5) is 13.0. The number of carbonyl (C=O) groups excluding carboxylic acids is 1. The van der Waals surface area contributed by atoms with Crippen molar-refractivity contribution >= 4 is 5.78 Å². The van der Waals surface area contributed by atoms with Crippen LogP contribution in [0.1, 0.15) is 39.0 Å². The van der Waals surface area contributed by atoms with Crippen LogP contribution in [0.2, 0.25) is 0 Å². The molecule has 0 amide bonds. The third-order valence-corrected chi connectivity index (χ3v) is 2.46. The highest BCUT2D eigenvalue weighted by atomic mass is 16.1. The standard InChI is InChI=1S/C10H19NO/c1-9(12)5-3-4-8-11(2)10-6-7-10/h10H,3-8H2,1-2H3. The van der Waals surface area contributed by atoms with E-state index >= 15 is 0 Å². The Bertz CT molecular complexity index is 152. The van der Waals surface area contributed by atoms with Crippen molar-refractivity contribution in [2.75, 3.05) is 13.6 Å². The van der Waals surface area contributed by atoms with Crippen molar-refractivity contribution in [3.05, 3.63) is 0 Å². The largest absolute Gasteiger partial charge is 0.303 e. The van der Waals surface area contributed by atoms with Gasteiger partial charge in [-0.1, -0.05) is 0 Å². The van der Waals surface area contributed by atoms with Gasteiger partial charge in [-0.3, -0.25) is 0 Å². The minimum atomic E-state index is 0.323. The van der Waals surface area contributed by atoms with Crippen LogP contribution in [0.15, 0.2) is 0 Å². The molecule has 1 rings (SSSR count). The first-order chi connectivity index (χ1) is 5.70. The minimum absolute atomic E-state index is 0.323. The van der Waals surface area contributed by atoms with Crippen LogP contribution >= 0.6 is 0 Å². The van der Waals surface area contributed by atoms with E-state index in [9.17, 15) is 4.79 Å². The Kier molecular flexibility index (Phi) is 3.73. The van der Waals surface area contributed by atoms with Crippen LogP contribution in [0.3, 0.4) is 0 Å². The van der Waals surface area contributed by atoms with Gasteiger partial charge in [0.2, 0.25) is 0 Å². The van der Waals surface area contributed by atoms with Gasteiger partial charge in [0.25, 0.3) is 0 Å². The summed E-state index contributed by atoms with van der Waals surface area (Å²) in [6, 6.07) is 0.863. The first-order valence-corrected chi connectivity index (χ1v) is 4.90. The monoisotopic (exact) mass is 169 g/mol. The Morgan fingerprint density at radius 3 is 2.58 bits per heavy atom. The molecule has 70 valence electrons. The molecule has 1 aliphatic carbocycles. The van der Waals surface area contributed by atoms with Gasteiger partial charge in [-0.2, -0.15) is 0 Å². The van der Waals surface area contributed by atoms with Crippen LogP contribution in [0.4, 0.5) is 0 Å². The van der Waals surface area contributed by atoms with E-state index in [-0.39, 0.29) is 0 Å². The van der Waals surface area contributed by atoms with E-state index in [2.05, 4.69) is 11.9 Å². The van der Waals surface area contributed by atoms with Gasteiger partial charge in [0.05, 0.1) is 0 Å². The molecule has 0 aromatic carbocycles. The molecule has 1 saturated carbocycles. The SMILES string of the molecule is CC(=O)CCCCN(C)C1CC1. The molecule has 0 N–H and O–H groups in total. The summed E-state index contributed by atoms with van der Waals surface area (Å²) >= 11 is 0. The van der Waals surface area contributed by atoms with E-state index in [0.29, 0.717) is 5.78 Å². The fraction of sp³-hybridized carbons (Fsp3) is 0.900. The maximum Gasteiger partial charge on any atom is 0.129 e. The molecular formula is C10H19NO. The summed E-state index contributed by atoms with van der Waals surface area (Å²) in [6.07, 6.45) is 5.75. The Balaban J connectivity index is 1.90. The quantitative estimate of drug-likeness (QED) is 0.565. The maximum atomic E-state index is 10.6. The van der Waals surface area contributed by atoms with Crippen molar-refractivity contribution in [1.29, 1.82) is 0 Å². The summed E-state index contributed by atoms with van der Waals surface area (Å²) in [7, 11) is 2.19. The van der Waals surface area contributed by atoms with E-state index in [0.717, 1.165) is 25.4 Å². The van der Waals surface area contributed by atoms with Gasteiger partial charge in [0, 0.05) is 12.5 Å². The number of ketones is 1. The van der Waals surface area contributed by atoms with Gasteiger partial charge < -0.3 is 9.69 Å². The maximum absolute atomic E-state index is 10.6. The lowest BCUT2D eigenvalue weighted by molar-refractivity contribution is -0.117. The van der Waals surface area contributed by atoms with Gasteiger partial charge in [-0.05, 0) is 46.2 Å². The third-order valence-electron chi connectivity index (χ3n) is 2.46. The predicted octanol–water partition coefficient (Wildman–Crippen LogP) is 1.84. The molecule has 0 bridgehead atoms. The van der Waals surface area contributed by atoms with Crippen LogP contribution in [-0.2, 0) is 4.79 Å². The van der Waals surface area contributed by atoms with Crippen molar-refractivity contribution in [2.45, 2.75) is 45.1 Å². The molecule has 0 aromatic heterocycles. The zero-order chi connectivity index (χ0) is 8.97. The molecule has 0 aliphatic heterocycles. The molecule has 1 aliphatic rings. The highest BCUT2D eigenvalue weighted by Crippen LogP contribution is 2.25. The summed E-state index contributed by atoms with van der Waals surface area (Å²) in [6.45, 7) is 2.84. The summed E-state index contributed by atoms with van der Waals surface area (Å²) in [5.74, 6) is 0.323. The van der Waals surface area contributed by atoms with Gasteiger partial charge in [0.1, 0.15) is 5.78 Å². The Morgan fingerprint density at radius 1 is 1.42 bits per heavy atom. The second kappa shape index (κ2) is 4.61. The summed E-state index contributed by atoms with van der Waals surface area (Å²) in [5.41, 5.74) is 0. The van der Waals surface area contributed by atoms with Gasteiger partial charge in [-0.15, -0.1) is 0 Å². The molecule has 12 heavy (non-hydrogen) atoms. The fourth-order valence-electron chi connectivity index (χ4n) is 1.43. The molecule has 0 radical (unpaired) electrons.